The molecule has 1 N–H and O–H groups in total. The third-order valence-electron chi connectivity index (χ3n) is 7.53. The average Bonchev–Trinajstić information content (AvgIpc) is 3.00. The molecule has 0 aromatic heterocycles. The van der Waals surface area contributed by atoms with Crippen molar-refractivity contribution < 1.29 is 19.3 Å². The molecule has 2 aromatic rings. The Labute approximate surface area is 247 Å². The highest BCUT2D eigenvalue weighted by molar-refractivity contribution is 5.90. The van der Waals surface area contributed by atoms with E-state index in [9.17, 15) is 10.4 Å². The molecule has 0 fully saturated rings. The Morgan fingerprint density at radius 2 is 1.78 bits per heavy atom. The van der Waals surface area contributed by atoms with Gasteiger partial charge in [0.2, 0.25) is 0 Å². The Morgan fingerprint density at radius 3 is 2.34 bits per heavy atom. The minimum absolute atomic E-state index is 0.292. The highest BCUT2D eigenvalue weighted by atomic mass is 16.5. The van der Waals surface area contributed by atoms with Crippen LogP contribution in [0.3, 0.4) is 0 Å². The van der Waals surface area contributed by atoms with Crippen LogP contribution in [0.25, 0.3) is 22.2 Å². The Bertz CT molecular complexity index is 1300. The SMILES string of the molecule is [C-]#[N+]/C(=C\c1cc(OC)c(C)cc1OCC(CC)CCCC)c1cc(OCC(C)CC)c(/C(C#N)=C/C)cc1CO. The van der Waals surface area contributed by atoms with Crippen LogP contribution < -0.4 is 14.2 Å². The van der Waals surface area contributed by atoms with E-state index in [2.05, 4.69) is 38.6 Å². The summed E-state index contributed by atoms with van der Waals surface area (Å²) in [5.74, 6) is 2.68. The zero-order valence-electron chi connectivity index (χ0n) is 25.8. The number of allylic oxidation sites excluding steroid dienone is 2. The first-order chi connectivity index (χ1) is 19.8. The summed E-state index contributed by atoms with van der Waals surface area (Å²) in [4.78, 5) is 3.87. The van der Waals surface area contributed by atoms with Crippen molar-refractivity contribution in [3.8, 4) is 23.3 Å². The van der Waals surface area contributed by atoms with E-state index in [0.29, 0.717) is 70.3 Å². The topological polar surface area (TPSA) is 76.1 Å². The summed E-state index contributed by atoms with van der Waals surface area (Å²) < 4.78 is 18.2. The molecule has 2 atom stereocenters. The van der Waals surface area contributed by atoms with E-state index in [0.717, 1.165) is 36.8 Å². The maximum Gasteiger partial charge on any atom is 0.195 e. The van der Waals surface area contributed by atoms with Gasteiger partial charge in [-0.05, 0) is 79.1 Å². The van der Waals surface area contributed by atoms with Crippen molar-refractivity contribution in [2.45, 2.75) is 80.3 Å². The molecule has 2 aromatic carbocycles. The summed E-state index contributed by atoms with van der Waals surface area (Å²) >= 11 is 0. The molecular formula is C35H46N2O4. The van der Waals surface area contributed by atoms with E-state index < -0.39 is 0 Å². The predicted octanol–water partition coefficient (Wildman–Crippen LogP) is 8.86. The quantitative estimate of drug-likeness (QED) is 0.126. The van der Waals surface area contributed by atoms with Crippen LogP contribution in [0, 0.1) is 36.7 Å². The Morgan fingerprint density at radius 1 is 1.05 bits per heavy atom. The zero-order valence-corrected chi connectivity index (χ0v) is 25.8. The highest BCUT2D eigenvalue weighted by Crippen LogP contribution is 2.37. The van der Waals surface area contributed by atoms with Crippen LogP contribution in [0.1, 0.15) is 94.5 Å². The number of rotatable bonds is 16. The van der Waals surface area contributed by atoms with Gasteiger partial charge in [0, 0.05) is 11.1 Å². The first-order valence-electron chi connectivity index (χ1n) is 14.7. The molecule has 0 amide bonds. The summed E-state index contributed by atoms with van der Waals surface area (Å²) in [6, 6.07) is 9.61. The van der Waals surface area contributed by atoms with Gasteiger partial charge in [-0.1, -0.05) is 59.5 Å². The van der Waals surface area contributed by atoms with E-state index in [4.69, 9.17) is 20.8 Å². The van der Waals surface area contributed by atoms with Crippen molar-refractivity contribution in [3.05, 3.63) is 69.6 Å². The summed E-state index contributed by atoms with van der Waals surface area (Å²) in [5.41, 5.74) is 4.16. The fourth-order valence-corrected chi connectivity index (χ4v) is 4.51. The number of aliphatic hydroxyl groups is 1. The summed E-state index contributed by atoms with van der Waals surface area (Å²) in [6.07, 6.45) is 8.93. The number of hydrogen-bond donors (Lipinski definition) is 1. The molecule has 2 unspecified atom stereocenters. The minimum Gasteiger partial charge on any atom is -0.496 e. The van der Waals surface area contributed by atoms with Crippen LogP contribution in [-0.4, -0.2) is 25.4 Å². The summed E-state index contributed by atoms with van der Waals surface area (Å²) in [7, 11) is 1.63. The normalized spacial score (nSPS) is 13.2. The van der Waals surface area contributed by atoms with Gasteiger partial charge in [0.15, 0.2) is 5.70 Å². The molecule has 0 aliphatic heterocycles. The van der Waals surface area contributed by atoms with Crippen molar-refractivity contribution in [1.29, 1.82) is 5.26 Å². The van der Waals surface area contributed by atoms with E-state index in [1.165, 1.54) is 6.42 Å². The molecular weight excluding hydrogens is 512 g/mol. The van der Waals surface area contributed by atoms with Crippen LogP contribution in [-0.2, 0) is 6.61 Å². The number of methoxy groups -OCH3 is 1. The van der Waals surface area contributed by atoms with Crippen LogP contribution in [0.15, 0.2) is 30.3 Å². The van der Waals surface area contributed by atoms with Crippen LogP contribution in [0.4, 0.5) is 0 Å². The smallest absolute Gasteiger partial charge is 0.195 e. The first kappa shape index (κ1) is 33.5. The summed E-state index contributed by atoms with van der Waals surface area (Å²) in [5, 5.41) is 20.1. The van der Waals surface area contributed by atoms with Gasteiger partial charge in [0.25, 0.3) is 0 Å². The van der Waals surface area contributed by atoms with Crippen LogP contribution in [0.5, 0.6) is 17.2 Å². The van der Waals surface area contributed by atoms with E-state index >= 15 is 0 Å². The number of benzene rings is 2. The number of hydrogen-bond acceptors (Lipinski definition) is 5. The van der Waals surface area contributed by atoms with Crippen molar-refractivity contribution in [2.75, 3.05) is 20.3 Å². The second-order valence-electron chi connectivity index (χ2n) is 10.5. The molecule has 220 valence electrons. The minimum atomic E-state index is -0.292. The maximum absolute atomic E-state index is 10.3. The third kappa shape index (κ3) is 9.13. The van der Waals surface area contributed by atoms with Gasteiger partial charge in [-0.25, -0.2) is 4.85 Å². The monoisotopic (exact) mass is 558 g/mol. The van der Waals surface area contributed by atoms with Crippen molar-refractivity contribution in [2.24, 2.45) is 11.8 Å². The molecule has 6 nitrogen and oxygen atoms in total. The lowest BCUT2D eigenvalue weighted by atomic mass is 9.95. The molecule has 0 aliphatic rings. The van der Waals surface area contributed by atoms with Crippen molar-refractivity contribution >= 4 is 17.3 Å². The molecule has 41 heavy (non-hydrogen) atoms. The largest absolute Gasteiger partial charge is 0.496 e. The number of ether oxygens (including phenoxy) is 3. The number of unbranched alkanes of at least 4 members (excludes halogenated alkanes) is 1. The zero-order chi connectivity index (χ0) is 30.4. The molecule has 2 rings (SSSR count). The van der Waals surface area contributed by atoms with Gasteiger partial charge in [0.1, 0.15) is 17.2 Å². The molecule has 0 radical (unpaired) electrons. The second kappa shape index (κ2) is 17.2. The standard InChI is InChI=1S/C35H46N2O4/c1-9-13-14-26(11-3)23-41-34-15-25(6)33(39-8)18-28(34)17-32(37-7)30-19-35(40-22-24(5)10-2)31(16-29(30)21-38)27(12-4)20-36/h12,15-19,24,26,38H,9-11,13-14,21-23H2,1-6,8H3/b27-12+,32-17-. The van der Waals surface area contributed by atoms with E-state index in [-0.39, 0.29) is 6.61 Å². The number of nitriles is 1. The molecule has 0 saturated carbocycles. The highest BCUT2D eigenvalue weighted by Gasteiger charge is 2.19. The molecule has 6 heteroatoms. The number of aliphatic hydroxyl groups excluding tert-OH is 1. The van der Waals surface area contributed by atoms with Gasteiger partial charge < -0.3 is 19.3 Å². The van der Waals surface area contributed by atoms with E-state index in [1.54, 1.807) is 38.3 Å². The lowest BCUT2D eigenvalue weighted by Gasteiger charge is -2.19. The van der Waals surface area contributed by atoms with Gasteiger partial charge in [0.05, 0.1) is 45.1 Å². The molecule has 0 heterocycles. The summed E-state index contributed by atoms with van der Waals surface area (Å²) in [6.45, 7) is 21.2. The van der Waals surface area contributed by atoms with Gasteiger partial charge in [-0.15, -0.1) is 0 Å². The van der Waals surface area contributed by atoms with Gasteiger partial charge >= 0.3 is 0 Å². The van der Waals surface area contributed by atoms with Gasteiger partial charge in [-0.2, -0.15) is 5.26 Å². The Kier molecular flexibility index (Phi) is 14.0. The fourth-order valence-electron chi connectivity index (χ4n) is 4.51. The molecule has 0 aliphatic carbocycles. The van der Waals surface area contributed by atoms with Crippen LogP contribution in [0.2, 0.25) is 0 Å². The average molecular weight is 559 g/mol. The lowest BCUT2D eigenvalue weighted by molar-refractivity contribution is 0.232. The molecule has 0 bridgehead atoms. The predicted molar refractivity (Wildman–Crippen MR) is 168 cm³/mol. The van der Waals surface area contributed by atoms with Crippen molar-refractivity contribution in [1.82, 2.24) is 0 Å². The van der Waals surface area contributed by atoms with Gasteiger partial charge in [-0.3, -0.25) is 0 Å². The number of aryl methyl sites for hydroxylation is 1. The molecule has 0 spiro atoms. The van der Waals surface area contributed by atoms with Crippen molar-refractivity contribution in [3.63, 3.8) is 0 Å². The Hall–Kier alpha value is -3.74. The van der Waals surface area contributed by atoms with Crippen LogP contribution >= 0.6 is 0 Å². The Balaban J connectivity index is 2.68. The number of nitrogens with zero attached hydrogens (tertiary/aromatic N) is 2. The second-order valence-corrected chi connectivity index (χ2v) is 10.5. The lowest BCUT2D eigenvalue weighted by Crippen LogP contribution is -2.12. The third-order valence-corrected chi connectivity index (χ3v) is 7.53. The maximum atomic E-state index is 10.3. The first-order valence-corrected chi connectivity index (χ1v) is 14.7. The fraction of sp³-hybridized carbons (Fsp3) is 0.486. The molecule has 0 saturated heterocycles. The van der Waals surface area contributed by atoms with E-state index in [1.807, 2.05) is 19.1 Å².